The molecule has 0 bridgehead atoms. The number of carbonyl (C=O) groups is 1. The number of anilines is 2. The van der Waals surface area contributed by atoms with Crippen molar-refractivity contribution in [3.63, 3.8) is 0 Å². The molecule has 0 aliphatic carbocycles. The van der Waals surface area contributed by atoms with Crippen LogP contribution < -0.4 is 10.1 Å². The predicted molar refractivity (Wildman–Crippen MR) is 115 cm³/mol. The summed E-state index contributed by atoms with van der Waals surface area (Å²) in [6.45, 7) is 7.39. The molecule has 1 aromatic carbocycles. The number of likely N-dealkylation sites (N-methyl/N-ethyl adjacent to an activating group) is 1. The van der Waals surface area contributed by atoms with E-state index < -0.39 is 0 Å². The summed E-state index contributed by atoms with van der Waals surface area (Å²) < 4.78 is 7.53. The van der Waals surface area contributed by atoms with Crippen molar-refractivity contribution in [2.45, 2.75) is 19.9 Å². The van der Waals surface area contributed by atoms with Gasteiger partial charge < -0.3 is 24.4 Å². The molecule has 1 amide bonds. The molecule has 4 rings (SSSR count). The fourth-order valence-corrected chi connectivity index (χ4v) is 3.50. The zero-order valence-electron chi connectivity index (χ0n) is 17.8. The summed E-state index contributed by atoms with van der Waals surface area (Å²) in [5.74, 6) is 1.03. The Balaban J connectivity index is 1.57. The second-order valence-corrected chi connectivity index (χ2v) is 7.78. The smallest absolute Gasteiger partial charge is 0.254 e. The molecule has 3 heterocycles. The van der Waals surface area contributed by atoms with Crippen molar-refractivity contribution in [3.05, 3.63) is 36.3 Å². The Hall–Kier alpha value is -3.20. The second kappa shape index (κ2) is 8.27. The van der Waals surface area contributed by atoms with Gasteiger partial charge in [0.05, 0.1) is 25.3 Å². The Morgan fingerprint density at radius 1 is 1.17 bits per heavy atom. The minimum atomic E-state index is 0.0199. The minimum Gasteiger partial charge on any atom is -0.495 e. The maximum Gasteiger partial charge on any atom is 0.254 e. The van der Waals surface area contributed by atoms with E-state index in [-0.39, 0.29) is 11.9 Å². The molecule has 0 spiro atoms. The van der Waals surface area contributed by atoms with Gasteiger partial charge in [-0.3, -0.25) is 4.79 Å². The molecule has 0 unspecified atom stereocenters. The van der Waals surface area contributed by atoms with E-state index >= 15 is 0 Å². The predicted octanol–water partition coefficient (Wildman–Crippen LogP) is 2.55. The number of nitrogens with zero attached hydrogens (tertiary/aromatic N) is 6. The van der Waals surface area contributed by atoms with Gasteiger partial charge in [-0.05, 0) is 39.1 Å². The minimum absolute atomic E-state index is 0.0199. The number of imidazole rings is 1. The first kappa shape index (κ1) is 20.1. The van der Waals surface area contributed by atoms with Gasteiger partial charge in [-0.1, -0.05) is 0 Å². The molecule has 158 valence electrons. The van der Waals surface area contributed by atoms with Crippen LogP contribution in [0.5, 0.6) is 5.75 Å². The third kappa shape index (κ3) is 3.93. The second-order valence-electron chi connectivity index (χ2n) is 7.78. The van der Waals surface area contributed by atoms with E-state index in [0.717, 1.165) is 37.3 Å². The van der Waals surface area contributed by atoms with Crippen molar-refractivity contribution >= 4 is 28.7 Å². The number of hydrogen-bond acceptors (Lipinski definition) is 7. The van der Waals surface area contributed by atoms with E-state index in [2.05, 4.69) is 46.1 Å². The number of methoxy groups -OCH3 is 1. The van der Waals surface area contributed by atoms with Crippen LogP contribution >= 0.6 is 0 Å². The third-order valence-electron chi connectivity index (χ3n) is 5.36. The van der Waals surface area contributed by atoms with Gasteiger partial charge in [0.25, 0.3) is 5.91 Å². The summed E-state index contributed by atoms with van der Waals surface area (Å²) >= 11 is 0. The fraction of sp³-hybridized carbons (Fsp3) is 0.429. The molecule has 1 saturated heterocycles. The van der Waals surface area contributed by atoms with Crippen LogP contribution in [0.25, 0.3) is 11.2 Å². The van der Waals surface area contributed by atoms with E-state index in [1.54, 1.807) is 25.7 Å². The summed E-state index contributed by atoms with van der Waals surface area (Å²) in [6.07, 6.45) is 3.47. The van der Waals surface area contributed by atoms with Crippen molar-refractivity contribution in [1.29, 1.82) is 0 Å². The number of piperazine rings is 1. The highest BCUT2D eigenvalue weighted by atomic mass is 16.5. The fourth-order valence-electron chi connectivity index (χ4n) is 3.50. The van der Waals surface area contributed by atoms with E-state index in [9.17, 15) is 4.79 Å². The Morgan fingerprint density at radius 2 is 1.93 bits per heavy atom. The average molecular weight is 409 g/mol. The lowest BCUT2D eigenvalue weighted by Crippen LogP contribution is -2.47. The van der Waals surface area contributed by atoms with E-state index in [4.69, 9.17) is 4.74 Å². The monoisotopic (exact) mass is 409 g/mol. The summed E-state index contributed by atoms with van der Waals surface area (Å²) in [6, 6.07) is 5.64. The molecule has 0 saturated carbocycles. The zero-order chi connectivity index (χ0) is 21.3. The van der Waals surface area contributed by atoms with Crippen LogP contribution in [-0.4, -0.2) is 75.6 Å². The molecule has 3 aromatic rings. The SMILES string of the molecule is COc1cc(C(=O)N2CCN(C)CC2)ccc1Nc1ncc2ncn(C(C)C)c2n1. The highest BCUT2D eigenvalue weighted by Gasteiger charge is 2.21. The Labute approximate surface area is 175 Å². The highest BCUT2D eigenvalue weighted by Crippen LogP contribution is 2.29. The molecule has 9 heteroatoms. The van der Waals surface area contributed by atoms with E-state index in [0.29, 0.717) is 22.9 Å². The molecule has 0 atom stereocenters. The van der Waals surface area contributed by atoms with Crippen LogP contribution in [0, 0.1) is 0 Å². The van der Waals surface area contributed by atoms with Crippen LogP contribution in [-0.2, 0) is 0 Å². The standard InChI is InChI=1S/C21H27N7O2/c1-14(2)28-13-23-17-12-22-21(25-19(17)28)24-16-6-5-15(11-18(16)30-4)20(29)27-9-7-26(3)8-10-27/h5-6,11-14H,7-10H2,1-4H3,(H,22,24,25). The van der Waals surface area contributed by atoms with Gasteiger partial charge in [0, 0.05) is 37.8 Å². The number of ether oxygens (including phenoxy) is 1. The Morgan fingerprint density at radius 3 is 2.63 bits per heavy atom. The van der Waals surface area contributed by atoms with Crippen molar-refractivity contribution in [2.75, 3.05) is 45.7 Å². The maximum atomic E-state index is 12.9. The molecule has 1 fully saturated rings. The van der Waals surface area contributed by atoms with Crippen LogP contribution in [0.4, 0.5) is 11.6 Å². The number of rotatable bonds is 5. The summed E-state index contributed by atoms with van der Waals surface area (Å²) in [7, 11) is 3.65. The van der Waals surface area contributed by atoms with E-state index in [1.165, 1.54) is 0 Å². The summed E-state index contributed by atoms with van der Waals surface area (Å²) in [4.78, 5) is 30.3. The number of amides is 1. The first-order chi connectivity index (χ1) is 14.5. The van der Waals surface area contributed by atoms with Crippen molar-refractivity contribution in [3.8, 4) is 5.75 Å². The topological polar surface area (TPSA) is 88.4 Å². The number of carbonyl (C=O) groups excluding carboxylic acids is 1. The Bertz CT molecular complexity index is 1050. The number of aromatic nitrogens is 4. The molecule has 30 heavy (non-hydrogen) atoms. The highest BCUT2D eigenvalue weighted by molar-refractivity contribution is 5.95. The van der Waals surface area contributed by atoms with Crippen molar-refractivity contribution < 1.29 is 9.53 Å². The van der Waals surface area contributed by atoms with Gasteiger partial charge in [0.1, 0.15) is 11.3 Å². The molecule has 1 aliphatic heterocycles. The number of fused-ring (bicyclic) bond motifs is 1. The molecule has 0 radical (unpaired) electrons. The van der Waals surface area contributed by atoms with Crippen LogP contribution in [0.1, 0.15) is 30.2 Å². The Kier molecular flexibility index (Phi) is 5.54. The normalized spacial score (nSPS) is 15.0. The average Bonchev–Trinajstić information content (AvgIpc) is 3.17. The maximum absolute atomic E-state index is 12.9. The van der Waals surface area contributed by atoms with Gasteiger partial charge in [-0.15, -0.1) is 0 Å². The quantitative estimate of drug-likeness (QED) is 0.693. The molecular formula is C21H27N7O2. The first-order valence-electron chi connectivity index (χ1n) is 10.1. The van der Waals surface area contributed by atoms with Gasteiger partial charge >= 0.3 is 0 Å². The molecule has 2 aromatic heterocycles. The lowest BCUT2D eigenvalue weighted by Gasteiger charge is -2.32. The van der Waals surface area contributed by atoms with Gasteiger partial charge in [0.2, 0.25) is 5.95 Å². The van der Waals surface area contributed by atoms with Crippen LogP contribution in [0.3, 0.4) is 0 Å². The van der Waals surface area contributed by atoms with Crippen molar-refractivity contribution in [1.82, 2.24) is 29.3 Å². The van der Waals surface area contributed by atoms with Gasteiger partial charge in [-0.25, -0.2) is 9.97 Å². The molecule has 9 nitrogen and oxygen atoms in total. The number of benzene rings is 1. The van der Waals surface area contributed by atoms with Crippen molar-refractivity contribution in [2.24, 2.45) is 0 Å². The molecular weight excluding hydrogens is 382 g/mol. The van der Waals surface area contributed by atoms with Crippen LogP contribution in [0.15, 0.2) is 30.7 Å². The van der Waals surface area contributed by atoms with Gasteiger partial charge in [-0.2, -0.15) is 4.98 Å². The molecule has 1 aliphatic rings. The zero-order valence-corrected chi connectivity index (χ0v) is 17.8. The lowest BCUT2D eigenvalue weighted by atomic mass is 10.1. The number of hydrogen-bond donors (Lipinski definition) is 1. The third-order valence-corrected chi connectivity index (χ3v) is 5.36. The number of nitrogens with one attached hydrogen (secondary N) is 1. The molecule has 1 N–H and O–H groups in total. The summed E-state index contributed by atoms with van der Waals surface area (Å²) in [5, 5.41) is 3.20. The lowest BCUT2D eigenvalue weighted by molar-refractivity contribution is 0.0664. The summed E-state index contributed by atoms with van der Waals surface area (Å²) in [5.41, 5.74) is 2.82. The largest absolute Gasteiger partial charge is 0.495 e. The van der Waals surface area contributed by atoms with E-state index in [1.807, 2.05) is 21.6 Å². The van der Waals surface area contributed by atoms with Crippen LogP contribution in [0.2, 0.25) is 0 Å². The first-order valence-corrected chi connectivity index (χ1v) is 10.1. The van der Waals surface area contributed by atoms with Gasteiger partial charge in [0.15, 0.2) is 5.65 Å².